The maximum Gasteiger partial charge on any atom is 0.161 e. The fourth-order valence-electron chi connectivity index (χ4n) is 2.53. The number of carbonyl (C=O) groups is 1. The van der Waals surface area contributed by atoms with Crippen LogP contribution in [0, 0.1) is 0 Å². The Morgan fingerprint density at radius 3 is 2.54 bits per heavy atom. The molecule has 0 fully saturated rings. The summed E-state index contributed by atoms with van der Waals surface area (Å²) in [5.41, 5.74) is 1.91. The zero-order valence-electron chi connectivity index (χ0n) is 15.6. The number of rotatable bonds is 12. The van der Waals surface area contributed by atoms with E-state index in [0.29, 0.717) is 17.9 Å². The van der Waals surface area contributed by atoms with Crippen LogP contribution in [0.2, 0.25) is 0 Å². The van der Waals surface area contributed by atoms with Crippen molar-refractivity contribution in [2.24, 2.45) is 0 Å². The fourth-order valence-corrected chi connectivity index (χ4v) is 2.53. The van der Waals surface area contributed by atoms with Crippen molar-refractivity contribution in [1.82, 2.24) is 0 Å². The monoisotopic (exact) mass is 332 g/mol. The van der Waals surface area contributed by atoms with E-state index in [0.717, 1.165) is 24.9 Å². The standard InChI is InChI=1S/C21H32O3/c1-5-7-8-9-10-19(13-11-17(3)4)24-20-14-12-18(16-22)15-21(20)23-6-2/h11-12,14-16,19H,5-10,13H2,1-4H3. The quantitative estimate of drug-likeness (QED) is 0.269. The van der Waals surface area contributed by atoms with Gasteiger partial charge in [0.1, 0.15) is 12.4 Å². The summed E-state index contributed by atoms with van der Waals surface area (Å²) in [5.74, 6) is 1.38. The van der Waals surface area contributed by atoms with Crippen molar-refractivity contribution in [3.05, 3.63) is 35.4 Å². The molecule has 1 aromatic carbocycles. The molecule has 134 valence electrons. The van der Waals surface area contributed by atoms with Crippen LogP contribution >= 0.6 is 0 Å². The van der Waals surface area contributed by atoms with Crippen molar-refractivity contribution >= 4 is 6.29 Å². The van der Waals surface area contributed by atoms with Gasteiger partial charge < -0.3 is 9.47 Å². The second-order valence-corrected chi connectivity index (χ2v) is 6.36. The van der Waals surface area contributed by atoms with Gasteiger partial charge in [-0.05, 0) is 51.8 Å². The number of ether oxygens (including phenoxy) is 2. The molecule has 0 aliphatic carbocycles. The second kappa shape index (κ2) is 11.7. The molecule has 0 radical (unpaired) electrons. The summed E-state index contributed by atoms with van der Waals surface area (Å²) in [6.07, 6.45) is 10.1. The van der Waals surface area contributed by atoms with E-state index in [1.54, 1.807) is 12.1 Å². The lowest BCUT2D eigenvalue weighted by Gasteiger charge is -2.20. The smallest absolute Gasteiger partial charge is 0.161 e. The molecule has 0 saturated carbocycles. The minimum Gasteiger partial charge on any atom is -0.490 e. The third-order valence-corrected chi connectivity index (χ3v) is 3.87. The molecular formula is C21H32O3. The Bertz CT molecular complexity index is 516. The molecule has 24 heavy (non-hydrogen) atoms. The maximum absolute atomic E-state index is 11.0. The predicted molar refractivity (Wildman–Crippen MR) is 100 cm³/mol. The van der Waals surface area contributed by atoms with Gasteiger partial charge in [-0.1, -0.05) is 37.8 Å². The summed E-state index contributed by atoms with van der Waals surface area (Å²) in [4.78, 5) is 11.0. The summed E-state index contributed by atoms with van der Waals surface area (Å²) in [7, 11) is 0. The molecule has 1 rings (SSSR count). The van der Waals surface area contributed by atoms with Gasteiger partial charge in [0, 0.05) is 12.0 Å². The number of hydrogen-bond donors (Lipinski definition) is 0. The zero-order valence-corrected chi connectivity index (χ0v) is 15.6. The molecule has 1 unspecified atom stereocenters. The molecule has 1 aromatic rings. The van der Waals surface area contributed by atoms with Crippen LogP contribution in [0.1, 0.15) is 76.6 Å². The Balaban J connectivity index is 2.82. The largest absolute Gasteiger partial charge is 0.490 e. The van der Waals surface area contributed by atoms with Crippen LogP contribution in [0.25, 0.3) is 0 Å². The number of aldehydes is 1. The Hall–Kier alpha value is -1.77. The van der Waals surface area contributed by atoms with Gasteiger partial charge in [0.25, 0.3) is 0 Å². The first-order valence-electron chi connectivity index (χ1n) is 9.12. The lowest BCUT2D eigenvalue weighted by Crippen LogP contribution is -2.16. The molecule has 0 spiro atoms. The van der Waals surface area contributed by atoms with Crippen molar-refractivity contribution in [2.45, 2.75) is 72.3 Å². The number of hydrogen-bond acceptors (Lipinski definition) is 3. The highest BCUT2D eigenvalue weighted by Crippen LogP contribution is 2.30. The van der Waals surface area contributed by atoms with Gasteiger partial charge >= 0.3 is 0 Å². The molecule has 0 saturated heterocycles. The average molecular weight is 332 g/mol. The Morgan fingerprint density at radius 1 is 1.12 bits per heavy atom. The first kappa shape index (κ1) is 20.3. The van der Waals surface area contributed by atoms with Gasteiger partial charge in [0.2, 0.25) is 0 Å². The summed E-state index contributed by atoms with van der Waals surface area (Å²) in [5, 5.41) is 0. The van der Waals surface area contributed by atoms with Crippen LogP contribution in [-0.4, -0.2) is 19.0 Å². The van der Waals surface area contributed by atoms with Gasteiger partial charge in [-0.2, -0.15) is 0 Å². The Kier molecular flexibility index (Phi) is 9.90. The first-order valence-corrected chi connectivity index (χ1v) is 9.12. The van der Waals surface area contributed by atoms with E-state index in [1.807, 2.05) is 13.0 Å². The summed E-state index contributed by atoms with van der Waals surface area (Å²) < 4.78 is 11.9. The molecule has 0 aliphatic rings. The van der Waals surface area contributed by atoms with E-state index < -0.39 is 0 Å². The van der Waals surface area contributed by atoms with E-state index in [-0.39, 0.29) is 6.10 Å². The van der Waals surface area contributed by atoms with Crippen molar-refractivity contribution in [1.29, 1.82) is 0 Å². The normalized spacial score (nSPS) is 11.7. The highest BCUT2D eigenvalue weighted by molar-refractivity contribution is 5.76. The van der Waals surface area contributed by atoms with Gasteiger partial charge in [-0.3, -0.25) is 4.79 Å². The summed E-state index contributed by atoms with van der Waals surface area (Å²) in [6.45, 7) is 8.92. The average Bonchev–Trinajstić information content (AvgIpc) is 2.57. The molecule has 0 bridgehead atoms. The second-order valence-electron chi connectivity index (χ2n) is 6.36. The lowest BCUT2D eigenvalue weighted by atomic mass is 10.1. The van der Waals surface area contributed by atoms with E-state index in [1.165, 1.54) is 31.3 Å². The molecular weight excluding hydrogens is 300 g/mol. The first-order chi connectivity index (χ1) is 11.6. The molecule has 3 nitrogen and oxygen atoms in total. The third-order valence-electron chi connectivity index (χ3n) is 3.87. The van der Waals surface area contributed by atoms with Crippen molar-refractivity contribution in [3.8, 4) is 11.5 Å². The SMILES string of the molecule is CCCCCCC(CC=C(C)C)Oc1ccc(C=O)cc1OCC. The highest BCUT2D eigenvalue weighted by atomic mass is 16.5. The molecule has 0 aliphatic heterocycles. The van der Waals surface area contributed by atoms with E-state index >= 15 is 0 Å². The van der Waals surface area contributed by atoms with Crippen LogP contribution in [0.15, 0.2) is 29.8 Å². The molecule has 0 N–H and O–H groups in total. The van der Waals surface area contributed by atoms with Crippen LogP contribution < -0.4 is 9.47 Å². The van der Waals surface area contributed by atoms with E-state index in [9.17, 15) is 4.79 Å². The minimum absolute atomic E-state index is 0.137. The predicted octanol–water partition coefficient (Wildman–Crippen LogP) is 5.97. The summed E-state index contributed by atoms with van der Waals surface area (Å²) in [6, 6.07) is 5.37. The fraction of sp³-hybridized carbons (Fsp3) is 0.571. The maximum atomic E-state index is 11.0. The number of allylic oxidation sites excluding steroid dienone is 1. The number of carbonyl (C=O) groups excluding carboxylic acids is 1. The van der Waals surface area contributed by atoms with Crippen LogP contribution in [0.3, 0.4) is 0 Å². The van der Waals surface area contributed by atoms with Gasteiger partial charge in [-0.25, -0.2) is 0 Å². The topological polar surface area (TPSA) is 35.5 Å². The third kappa shape index (κ3) is 7.67. The molecule has 0 heterocycles. The van der Waals surface area contributed by atoms with Crippen molar-refractivity contribution in [3.63, 3.8) is 0 Å². The number of benzene rings is 1. The van der Waals surface area contributed by atoms with Gasteiger partial charge in [-0.15, -0.1) is 0 Å². The van der Waals surface area contributed by atoms with Crippen molar-refractivity contribution in [2.75, 3.05) is 6.61 Å². The molecule has 0 aromatic heterocycles. The Labute approximate surface area is 147 Å². The van der Waals surface area contributed by atoms with Crippen LogP contribution in [0.5, 0.6) is 11.5 Å². The lowest BCUT2D eigenvalue weighted by molar-refractivity contribution is 0.112. The van der Waals surface area contributed by atoms with E-state index in [2.05, 4.69) is 26.8 Å². The van der Waals surface area contributed by atoms with Gasteiger partial charge in [0.05, 0.1) is 6.61 Å². The highest BCUT2D eigenvalue weighted by Gasteiger charge is 2.13. The van der Waals surface area contributed by atoms with Gasteiger partial charge in [0.15, 0.2) is 11.5 Å². The molecule has 1 atom stereocenters. The van der Waals surface area contributed by atoms with Crippen LogP contribution in [0.4, 0.5) is 0 Å². The van der Waals surface area contributed by atoms with Crippen molar-refractivity contribution < 1.29 is 14.3 Å². The molecule has 0 amide bonds. The minimum atomic E-state index is 0.137. The number of unbranched alkanes of at least 4 members (excludes halogenated alkanes) is 3. The zero-order chi connectivity index (χ0) is 17.8. The Morgan fingerprint density at radius 2 is 1.92 bits per heavy atom. The van der Waals surface area contributed by atoms with Crippen LogP contribution in [-0.2, 0) is 0 Å². The molecule has 3 heteroatoms. The summed E-state index contributed by atoms with van der Waals surface area (Å²) >= 11 is 0. The van der Waals surface area contributed by atoms with E-state index in [4.69, 9.17) is 9.47 Å².